The van der Waals surface area contributed by atoms with Crippen LogP contribution in [0.4, 0.5) is 13.2 Å². The summed E-state index contributed by atoms with van der Waals surface area (Å²) in [6.07, 6.45) is -3.42. The Morgan fingerprint density at radius 1 is 1.28 bits per heavy atom. The number of alkyl halides is 3. The van der Waals surface area contributed by atoms with Gasteiger partial charge in [-0.05, 0) is 18.1 Å². The van der Waals surface area contributed by atoms with Crippen molar-refractivity contribution in [2.24, 2.45) is 5.73 Å². The Morgan fingerprint density at radius 2 is 1.94 bits per heavy atom. The second kappa shape index (κ2) is 5.91. The van der Waals surface area contributed by atoms with Crippen LogP contribution in [0.5, 0.6) is 0 Å². The standard InChI is InChI=1S/C12H15F3N2.ClH/c13-12(14,15)11-4-2-1-3-9(11)7-17-6-5-10(16)8-17;/h1-4,10H,5-8,16H2;1H. The summed E-state index contributed by atoms with van der Waals surface area (Å²) in [5, 5.41) is 0. The number of hydrogen-bond donors (Lipinski definition) is 1. The third kappa shape index (κ3) is 3.60. The molecule has 1 fully saturated rings. The fraction of sp³-hybridized carbons (Fsp3) is 0.500. The molecule has 0 saturated carbocycles. The Bertz CT molecular complexity index is 395. The average Bonchev–Trinajstić information content (AvgIpc) is 2.63. The van der Waals surface area contributed by atoms with Crippen LogP contribution >= 0.6 is 12.4 Å². The van der Waals surface area contributed by atoms with Crippen LogP contribution in [0.25, 0.3) is 0 Å². The van der Waals surface area contributed by atoms with Gasteiger partial charge in [0.05, 0.1) is 5.56 Å². The molecule has 6 heteroatoms. The van der Waals surface area contributed by atoms with Gasteiger partial charge in [0.25, 0.3) is 0 Å². The normalized spacial score (nSPS) is 20.8. The minimum absolute atomic E-state index is 0. The second-order valence-electron chi connectivity index (χ2n) is 4.44. The van der Waals surface area contributed by atoms with E-state index in [0.717, 1.165) is 19.0 Å². The lowest BCUT2D eigenvalue weighted by Crippen LogP contribution is -2.27. The molecule has 0 spiro atoms. The third-order valence-corrected chi connectivity index (χ3v) is 3.03. The smallest absolute Gasteiger partial charge is 0.326 e. The number of benzene rings is 1. The zero-order chi connectivity index (χ0) is 12.5. The van der Waals surface area contributed by atoms with E-state index in [2.05, 4.69) is 0 Å². The van der Waals surface area contributed by atoms with Gasteiger partial charge in [-0.2, -0.15) is 13.2 Å². The number of nitrogens with zero attached hydrogens (tertiary/aromatic N) is 1. The Morgan fingerprint density at radius 3 is 2.50 bits per heavy atom. The largest absolute Gasteiger partial charge is 0.416 e. The molecule has 1 heterocycles. The maximum Gasteiger partial charge on any atom is 0.416 e. The van der Waals surface area contributed by atoms with Gasteiger partial charge in [0.1, 0.15) is 0 Å². The lowest BCUT2D eigenvalue weighted by atomic mass is 10.1. The van der Waals surface area contributed by atoms with Gasteiger partial charge < -0.3 is 5.73 Å². The van der Waals surface area contributed by atoms with E-state index in [1.165, 1.54) is 12.1 Å². The predicted octanol–water partition coefficient (Wildman–Crippen LogP) is 2.66. The minimum atomic E-state index is -4.28. The van der Waals surface area contributed by atoms with Crippen molar-refractivity contribution < 1.29 is 13.2 Å². The highest BCUT2D eigenvalue weighted by molar-refractivity contribution is 5.85. The van der Waals surface area contributed by atoms with Crippen LogP contribution in [-0.4, -0.2) is 24.0 Å². The van der Waals surface area contributed by atoms with Gasteiger partial charge in [-0.25, -0.2) is 0 Å². The van der Waals surface area contributed by atoms with Gasteiger partial charge in [-0.15, -0.1) is 12.4 Å². The molecule has 0 aliphatic carbocycles. The molecule has 18 heavy (non-hydrogen) atoms. The Labute approximate surface area is 110 Å². The fourth-order valence-corrected chi connectivity index (χ4v) is 2.18. The molecule has 1 aromatic rings. The molecule has 0 radical (unpaired) electrons. The lowest BCUT2D eigenvalue weighted by molar-refractivity contribution is -0.138. The SMILES string of the molecule is Cl.NC1CCN(Cc2ccccc2C(F)(F)F)C1. The summed E-state index contributed by atoms with van der Waals surface area (Å²) >= 11 is 0. The Hall–Kier alpha value is -0.780. The first-order chi connectivity index (χ1) is 7.97. The predicted molar refractivity (Wildman–Crippen MR) is 66.6 cm³/mol. The summed E-state index contributed by atoms with van der Waals surface area (Å²) in [5.74, 6) is 0. The van der Waals surface area contributed by atoms with E-state index in [-0.39, 0.29) is 18.4 Å². The van der Waals surface area contributed by atoms with Crippen molar-refractivity contribution in [2.45, 2.75) is 25.2 Å². The summed E-state index contributed by atoms with van der Waals surface area (Å²) in [6.45, 7) is 1.77. The molecule has 1 unspecified atom stereocenters. The summed E-state index contributed by atoms with van der Waals surface area (Å²) in [4.78, 5) is 1.97. The van der Waals surface area contributed by atoms with Crippen LogP contribution < -0.4 is 5.73 Å². The first kappa shape index (κ1) is 15.3. The van der Waals surface area contributed by atoms with Gasteiger partial charge in [0.2, 0.25) is 0 Å². The molecular weight excluding hydrogens is 265 g/mol. The van der Waals surface area contributed by atoms with Crippen LogP contribution in [0.2, 0.25) is 0 Å². The summed E-state index contributed by atoms with van der Waals surface area (Å²) in [5.41, 5.74) is 5.53. The zero-order valence-electron chi connectivity index (χ0n) is 9.78. The van der Waals surface area contributed by atoms with Crippen LogP contribution in [0.3, 0.4) is 0 Å². The van der Waals surface area contributed by atoms with E-state index < -0.39 is 11.7 Å². The van der Waals surface area contributed by atoms with Crippen LogP contribution in [0, 0.1) is 0 Å². The van der Waals surface area contributed by atoms with Crippen LogP contribution in [0.15, 0.2) is 24.3 Å². The molecule has 1 aliphatic heterocycles. The Balaban J connectivity index is 0.00000162. The number of rotatable bonds is 2. The molecule has 2 N–H and O–H groups in total. The van der Waals surface area contributed by atoms with E-state index >= 15 is 0 Å². The van der Waals surface area contributed by atoms with E-state index in [9.17, 15) is 13.2 Å². The second-order valence-corrected chi connectivity index (χ2v) is 4.44. The zero-order valence-corrected chi connectivity index (χ0v) is 10.6. The minimum Gasteiger partial charge on any atom is -0.326 e. The maximum absolute atomic E-state index is 12.8. The van der Waals surface area contributed by atoms with Crippen LogP contribution in [-0.2, 0) is 12.7 Å². The van der Waals surface area contributed by atoms with Gasteiger partial charge >= 0.3 is 6.18 Å². The van der Waals surface area contributed by atoms with Crippen molar-refractivity contribution in [2.75, 3.05) is 13.1 Å². The molecule has 1 saturated heterocycles. The van der Waals surface area contributed by atoms with Crippen molar-refractivity contribution in [3.05, 3.63) is 35.4 Å². The molecule has 2 rings (SSSR count). The fourth-order valence-electron chi connectivity index (χ4n) is 2.18. The molecule has 1 aliphatic rings. The van der Waals surface area contributed by atoms with E-state index in [0.29, 0.717) is 18.7 Å². The molecule has 0 amide bonds. The highest BCUT2D eigenvalue weighted by Crippen LogP contribution is 2.32. The van der Waals surface area contributed by atoms with E-state index in [1.807, 2.05) is 4.90 Å². The summed E-state index contributed by atoms with van der Waals surface area (Å²) in [6, 6.07) is 5.81. The number of likely N-dealkylation sites (tertiary alicyclic amines) is 1. The Kier molecular flexibility index (Phi) is 5.01. The van der Waals surface area contributed by atoms with Crippen molar-refractivity contribution in [1.82, 2.24) is 4.90 Å². The lowest BCUT2D eigenvalue weighted by Gasteiger charge is -2.18. The molecule has 2 nitrogen and oxygen atoms in total. The number of halogens is 4. The topological polar surface area (TPSA) is 29.3 Å². The first-order valence-corrected chi connectivity index (χ1v) is 5.60. The van der Waals surface area contributed by atoms with Gasteiger partial charge in [0.15, 0.2) is 0 Å². The van der Waals surface area contributed by atoms with Crippen molar-refractivity contribution in [3.8, 4) is 0 Å². The number of hydrogen-bond acceptors (Lipinski definition) is 2. The summed E-state index contributed by atoms with van der Waals surface area (Å²) in [7, 11) is 0. The maximum atomic E-state index is 12.8. The summed E-state index contributed by atoms with van der Waals surface area (Å²) < 4.78 is 38.3. The molecular formula is C12H16ClF3N2. The quantitative estimate of drug-likeness (QED) is 0.902. The molecule has 0 bridgehead atoms. The molecule has 102 valence electrons. The highest BCUT2D eigenvalue weighted by atomic mass is 35.5. The van der Waals surface area contributed by atoms with Gasteiger partial charge in [-0.3, -0.25) is 4.90 Å². The highest BCUT2D eigenvalue weighted by Gasteiger charge is 2.33. The van der Waals surface area contributed by atoms with Gasteiger partial charge in [-0.1, -0.05) is 18.2 Å². The molecule has 1 aromatic carbocycles. The number of nitrogens with two attached hydrogens (primary N) is 1. The third-order valence-electron chi connectivity index (χ3n) is 3.03. The molecule has 1 atom stereocenters. The first-order valence-electron chi connectivity index (χ1n) is 5.60. The monoisotopic (exact) mass is 280 g/mol. The average molecular weight is 281 g/mol. The van der Waals surface area contributed by atoms with E-state index in [4.69, 9.17) is 5.73 Å². The van der Waals surface area contributed by atoms with Crippen molar-refractivity contribution in [3.63, 3.8) is 0 Å². The van der Waals surface area contributed by atoms with E-state index in [1.54, 1.807) is 6.07 Å². The van der Waals surface area contributed by atoms with Gasteiger partial charge in [0, 0.05) is 25.7 Å². The van der Waals surface area contributed by atoms with Crippen LogP contribution in [0.1, 0.15) is 17.5 Å². The van der Waals surface area contributed by atoms with Crippen molar-refractivity contribution in [1.29, 1.82) is 0 Å². The van der Waals surface area contributed by atoms with Crippen molar-refractivity contribution >= 4 is 12.4 Å². The molecule has 0 aromatic heterocycles.